The molecule has 0 saturated carbocycles. The zero-order valence-electron chi connectivity index (χ0n) is 30.0. The van der Waals surface area contributed by atoms with Crippen LogP contribution >= 0.6 is 0 Å². The molecule has 5 nitrogen and oxygen atoms in total. The average Bonchev–Trinajstić information content (AvgIpc) is 3.12. The van der Waals surface area contributed by atoms with Crippen LogP contribution in [0.5, 0.6) is 0 Å². The number of aliphatic hydroxyl groups excluding tert-OH is 2. The van der Waals surface area contributed by atoms with Crippen LogP contribution in [0.1, 0.15) is 69.0 Å². The summed E-state index contributed by atoms with van der Waals surface area (Å²) < 4.78 is 88.7. The number of aliphatic hydroxyl groups is 2. The number of halogens is 6. The molecule has 0 aromatic heterocycles. The van der Waals surface area contributed by atoms with Crippen molar-refractivity contribution in [2.75, 3.05) is 26.9 Å². The molecule has 0 bridgehead atoms. The van der Waals surface area contributed by atoms with Crippen LogP contribution in [0.15, 0.2) is 72.8 Å². The van der Waals surface area contributed by atoms with Gasteiger partial charge in [0.15, 0.2) is 0 Å². The Morgan fingerprint density at radius 3 is 1.64 bits per heavy atom. The molecule has 1 atom stereocenters. The summed E-state index contributed by atoms with van der Waals surface area (Å²) >= 11 is 0. The fourth-order valence-electron chi connectivity index (χ4n) is 6.12. The molecule has 0 spiro atoms. The number of rotatable bonds is 14. The van der Waals surface area contributed by atoms with Crippen LogP contribution in [0.2, 0.25) is 0 Å². The van der Waals surface area contributed by atoms with E-state index in [2.05, 4.69) is 5.32 Å². The lowest BCUT2D eigenvalue weighted by Crippen LogP contribution is -2.33. The third-order valence-electron chi connectivity index (χ3n) is 9.38. The zero-order chi connectivity index (χ0) is 39.0. The molecular formula is C42H43F6NO4. The van der Waals surface area contributed by atoms with Gasteiger partial charge >= 0.3 is 18.3 Å². The monoisotopic (exact) mass is 739 g/mol. The zero-order valence-corrected chi connectivity index (χ0v) is 30.0. The summed E-state index contributed by atoms with van der Waals surface area (Å²) in [6.45, 7) is 5.29. The van der Waals surface area contributed by atoms with Crippen LogP contribution < -0.4 is 5.32 Å². The normalized spacial score (nSPS) is 13.5. The molecule has 3 N–H and O–H groups in total. The molecule has 4 rings (SSSR count). The Bertz CT molecular complexity index is 1960. The summed E-state index contributed by atoms with van der Waals surface area (Å²) in [5, 5.41) is 21.8. The highest BCUT2D eigenvalue weighted by Gasteiger charge is 2.35. The van der Waals surface area contributed by atoms with Crippen LogP contribution in [0.3, 0.4) is 0 Å². The van der Waals surface area contributed by atoms with Crippen molar-refractivity contribution in [1.29, 1.82) is 0 Å². The van der Waals surface area contributed by atoms with Gasteiger partial charge in [-0.1, -0.05) is 78.9 Å². The van der Waals surface area contributed by atoms with E-state index in [0.29, 0.717) is 35.3 Å². The lowest BCUT2D eigenvalue weighted by molar-refractivity contribution is -0.154. The van der Waals surface area contributed by atoms with Gasteiger partial charge in [0.05, 0.1) is 36.9 Å². The van der Waals surface area contributed by atoms with Crippen molar-refractivity contribution in [1.82, 2.24) is 5.32 Å². The predicted molar refractivity (Wildman–Crippen MR) is 196 cm³/mol. The van der Waals surface area contributed by atoms with Gasteiger partial charge in [-0.15, -0.1) is 0 Å². The summed E-state index contributed by atoms with van der Waals surface area (Å²) in [6, 6.07) is 18.7. The van der Waals surface area contributed by atoms with Crippen molar-refractivity contribution < 1.29 is 46.1 Å². The molecule has 11 heteroatoms. The van der Waals surface area contributed by atoms with Crippen molar-refractivity contribution in [2.45, 2.75) is 52.5 Å². The minimum absolute atomic E-state index is 0.00194. The van der Waals surface area contributed by atoms with Gasteiger partial charge in [0, 0.05) is 13.1 Å². The Morgan fingerprint density at radius 2 is 1.19 bits per heavy atom. The highest BCUT2D eigenvalue weighted by Crippen LogP contribution is 2.37. The Labute approximate surface area is 305 Å². The Balaban J connectivity index is 1.67. The topological polar surface area (TPSA) is 78.8 Å². The number of alkyl halides is 6. The van der Waals surface area contributed by atoms with Crippen LogP contribution in [0.4, 0.5) is 26.3 Å². The first-order valence-corrected chi connectivity index (χ1v) is 17.0. The number of hydrogen-bond acceptors (Lipinski definition) is 5. The van der Waals surface area contributed by atoms with Crippen molar-refractivity contribution in [3.63, 3.8) is 0 Å². The quantitative estimate of drug-likeness (QED) is 0.0520. The van der Waals surface area contributed by atoms with Gasteiger partial charge in [-0.2, -0.15) is 26.3 Å². The van der Waals surface area contributed by atoms with E-state index in [-0.39, 0.29) is 30.6 Å². The molecule has 282 valence electrons. The second-order valence-corrected chi connectivity index (χ2v) is 13.2. The van der Waals surface area contributed by atoms with Gasteiger partial charge in [0.25, 0.3) is 0 Å². The number of ether oxygens (including phenoxy) is 1. The molecule has 0 fully saturated rings. The largest absolute Gasteiger partial charge is 0.469 e. The molecule has 4 aromatic rings. The highest BCUT2D eigenvalue weighted by atomic mass is 19.4. The number of carbonyl (C=O) groups excluding carboxylic acids is 1. The van der Waals surface area contributed by atoms with Gasteiger partial charge in [0.1, 0.15) is 0 Å². The summed E-state index contributed by atoms with van der Waals surface area (Å²) in [5.41, 5.74) is 2.91. The van der Waals surface area contributed by atoms with E-state index in [1.165, 1.54) is 50.5 Å². The molecule has 4 aromatic carbocycles. The highest BCUT2D eigenvalue weighted by molar-refractivity contribution is 5.82. The standard InChI is InChI=1S/C42H43F6NO4/c1-27-31(13-15-33-23-29(11-17-37(33)41(43,44)45)19-20-40(3,26-51)39(52)53-4)7-5-9-35(27)36-10-6-8-32(28(36)2)14-16-34-24-30(25-49-21-22-50)12-18-38(34)42(46,47)48/h5-18,23-24,49-51H,19-22,25-26H2,1-4H3/b15-13+,16-14+/t40-/m0/s1. The number of esters is 1. The number of aryl methyl sites for hydroxylation is 1. The molecule has 0 heterocycles. The van der Waals surface area contributed by atoms with Gasteiger partial charge in [-0.25, -0.2) is 0 Å². The molecule has 0 aliphatic carbocycles. The fourth-order valence-corrected chi connectivity index (χ4v) is 6.12. The summed E-state index contributed by atoms with van der Waals surface area (Å²) in [4.78, 5) is 12.2. The SMILES string of the molecule is COC(=O)[C@](C)(CO)CCc1ccc(C(F)(F)F)c(/C=C/c2cccc(-c3cccc(/C=C/c4cc(CNCCO)ccc4C(F)(F)F)c3C)c2C)c1. The van der Waals surface area contributed by atoms with Crippen molar-refractivity contribution in [2.24, 2.45) is 5.41 Å². The predicted octanol–water partition coefficient (Wildman–Crippen LogP) is 9.53. The Kier molecular flexibility index (Phi) is 13.5. The van der Waals surface area contributed by atoms with Crippen molar-refractivity contribution in [3.8, 4) is 11.1 Å². The second-order valence-electron chi connectivity index (χ2n) is 13.2. The lowest BCUT2D eigenvalue weighted by atomic mass is 9.84. The van der Waals surface area contributed by atoms with Gasteiger partial charge in [-0.3, -0.25) is 4.79 Å². The van der Waals surface area contributed by atoms with E-state index in [0.717, 1.165) is 34.4 Å². The van der Waals surface area contributed by atoms with Crippen LogP contribution in [-0.4, -0.2) is 43.1 Å². The van der Waals surface area contributed by atoms with Gasteiger partial charge in [0.2, 0.25) is 0 Å². The van der Waals surface area contributed by atoms with Crippen molar-refractivity contribution in [3.05, 3.63) is 128 Å². The minimum Gasteiger partial charge on any atom is -0.469 e. The average molecular weight is 740 g/mol. The first kappa shape index (κ1) is 41.1. The van der Waals surface area contributed by atoms with Crippen LogP contribution in [0, 0.1) is 19.3 Å². The van der Waals surface area contributed by atoms with Crippen molar-refractivity contribution >= 4 is 30.3 Å². The first-order valence-electron chi connectivity index (χ1n) is 17.0. The lowest BCUT2D eigenvalue weighted by Gasteiger charge is -2.24. The van der Waals surface area contributed by atoms with E-state index in [1.54, 1.807) is 36.4 Å². The Hall–Kier alpha value is -4.71. The molecule has 0 aliphatic rings. The number of hydrogen-bond donors (Lipinski definition) is 3. The second kappa shape index (κ2) is 17.4. The van der Waals surface area contributed by atoms with Gasteiger partial charge in [-0.05, 0) is 107 Å². The van der Waals surface area contributed by atoms with E-state index in [1.807, 2.05) is 26.0 Å². The van der Waals surface area contributed by atoms with E-state index >= 15 is 0 Å². The van der Waals surface area contributed by atoms with Crippen LogP contribution in [-0.2, 0) is 34.8 Å². The third-order valence-corrected chi connectivity index (χ3v) is 9.38. The molecule has 53 heavy (non-hydrogen) atoms. The number of benzene rings is 4. The van der Waals surface area contributed by atoms with Gasteiger partial charge < -0.3 is 20.3 Å². The maximum Gasteiger partial charge on any atom is 0.416 e. The molecule has 0 unspecified atom stereocenters. The molecular weight excluding hydrogens is 696 g/mol. The van der Waals surface area contributed by atoms with E-state index < -0.39 is 41.5 Å². The molecule has 0 radical (unpaired) electrons. The summed E-state index contributed by atoms with van der Waals surface area (Å²) in [7, 11) is 1.21. The molecule has 0 amide bonds. The Morgan fingerprint density at radius 1 is 0.717 bits per heavy atom. The number of carbonyl (C=O) groups is 1. The third kappa shape index (κ3) is 10.2. The molecule has 0 aliphatic heterocycles. The summed E-state index contributed by atoms with van der Waals surface area (Å²) in [6.07, 6.45) is -2.71. The number of nitrogens with one attached hydrogen (secondary N) is 1. The van der Waals surface area contributed by atoms with E-state index in [9.17, 15) is 36.2 Å². The molecule has 0 saturated heterocycles. The van der Waals surface area contributed by atoms with E-state index in [4.69, 9.17) is 9.84 Å². The summed E-state index contributed by atoms with van der Waals surface area (Å²) in [5.74, 6) is -0.608. The first-order chi connectivity index (χ1) is 25.0. The fraction of sp³-hybridized carbons (Fsp3) is 0.310. The number of methoxy groups -OCH3 is 1. The smallest absolute Gasteiger partial charge is 0.416 e. The maximum atomic E-state index is 14.1. The van der Waals surface area contributed by atoms with Crippen LogP contribution in [0.25, 0.3) is 35.4 Å². The minimum atomic E-state index is -4.62. The maximum absolute atomic E-state index is 14.1.